The molecular weight excluding hydrogens is 274 g/mol. The Bertz CT molecular complexity index is 632. The van der Waals surface area contributed by atoms with Crippen molar-refractivity contribution in [1.29, 1.82) is 0 Å². The van der Waals surface area contributed by atoms with Gasteiger partial charge in [0.25, 0.3) is 0 Å². The fourth-order valence-corrected chi connectivity index (χ4v) is 3.33. The van der Waals surface area contributed by atoms with Crippen molar-refractivity contribution < 1.29 is 12.8 Å². The molecule has 1 aromatic heterocycles. The van der Waals surface area contributed by atoms with Crippen molar-refractivity contribution in [3.63, 3.8) is 0 Å². The van der Waals surface area contributed by atoms with Crippen LogP contribution in [-0.4, -0.2) is 15.0 Å². The van der Waals surface area contributed by atoms with Gasteiger partial charge in [0.05, 0.1) is 12.3 Å². The minimum atomic E-state index is -3.21. The molecule has 0 atom stereocenters. The van der Waals surface area contributed by atoms with Gasteiger partial charge in [0, 0.05) is 0 Å². The van der Waals surface area contributed by atoms with Crippen LogP contribution in [0.3, 0.4) is 0 Å². The van der Waals surface area contributed by atoms with Gasteiger partial charge in [0.2, 0.25) is 0 Å². The summed E-state index contributed by atoms with van der Waals surface area (Å²) in [7, 11) is -3.21. The maximum absolute atomic E-state index is 12.1. The van der Waals surface area contributed by atoms with Gasteiger partial charge in [-0.25, -0.2) is 8.42 Å². The molecule has 2 rings (SSSR count). The van der Waals surface area contributed by atoms with Gasteiger partial charge >= 0.3 is 0 Å². The Hall–Kier alpha value is -1.59. The second kappa shape index (κ2) is 6.72. The number of nitrogens with one attached hydrogen (secondary N) is 1. The van der Waals surface area contributed by atoms with Crippen molar-refractivity contribution in [3.8, 4) is 0 Å². The number of furan rings is 1. The van der Waals surface area contributed by atoms with Gasteiger partial charge in [-0.1, -0.05) is 37.3 Å². The van der Waals surface area contributed by atoms with Gasteiger partial charge in [0.15, 0.2) is 9.84 Å². The van der Waals surface area contributed by atoms with Gasteiger partial charge in [-0.2, -0.15) is 0 Å². The predicted octanol–water partition coefficient (Wildman–Crippen LogP) is 2.50. The summed E-state index contributed by atoms with van der Waals surface area (Å²) >= 11 is 0. The Morgan fingerprint density at radius 2 is 1.70 bits per heavy atom. The molecule has 0 aliphatic carbocycles. The van der Waals surface area contributed by atoms with E-state index in [1.54, 1.807) is 6.07 Å². The van der Waals surface area contributed by atoms with Gasteiger partial charge < -0.3 is 9.73 Å². The molecule has 0 unspecified atom stereocenters. The topological polar surface area (TPSA) is 59.3 Å². The van der Waals surface area contributed by atoms with Gasteiger partial charge in [-0.05, 0) is 24.2 Å². The fourth-order valence-electron chi connectivity index (χ4n) is 1.94. The molecule has 2 aromatic rings. The molecule has 0 amide bonds. The highest BCUT2D eigenvalue weighted by atomic mass is 32.2. The van der Waals surface area contributed by atoms with E-state index >= 15 is 0 Å². The van der Waals surface area contributed by atoms with E-state index in [1.807, 2.05) is 43.3 Å². The summed E-state index contributed by atoms with van der Waals surface area (Å²) in [5.41, 5.74) is 0.798. The fraction of sp³-hybridized carbons (Fsp3) is 0.333. The van der Waals surface area contributed by atoms with Crippen LogP contribution >= 0.6 is 0 Å². The van der Waals surface area contributed by atoms with Crippen LogP contribution in [0.4, 0.5) is 0 Å². The van der Waals surface area contributed by atoms with E-state index in [9.17, 15) is 8.42 Å². The van der Waals surface area contributed by atoms with E-state index < -0.39 is 9.84 Å². The van der Waals surface area contributed by atoms with Crippen LogP contribution in [0.25, 0.3) is 0 Å². The standard InChI is InChI=1S/C15H19NO3S/c1-2-16-10-14-8-9-15(19-14)12-20(17,18)11-13-6-4-3-5-7-13/h3-9,16H,2,10-12H2,1H3. The number of sulfone groups is 1. The Kier molecular flexibility index (Phi) is 4.98. The number of hydrogen-bond acceptors (Lipinski definition) is 4. The third kappa shape index (κ3) is 4.51. The summed E-state index contributed by atoms with van der Waals surface area (Å²) in [5.74, 6) is 1.23. The first kappa shape index (κ1) is 14.8. The second-order valence-electron chi connectivity index (χ2n) is 4.67. The van der Waals surface area contributed by atoms with Crippen LogP contribution < -0.4 is 5.32 Å². The van der Waals surface area contributed by atoms with Crippen molar-refractivity contribution in [2.45, 2.75) is 25.0 Å². The molecule has 5 heteroatoms. The molecular formula is C15H19NO3S. The number of hydrogen-bond donors (Lipinski definition) is 1. The lowest BCUT2D eigenvalue weighted by Crippen LogP contribution is -2.11. The lowest BCUT2D eigenvalue weighted by Gasteiger charge is -2.03. The zero-order valence-corrected chi connectivity index (χ0v) is 12.3. The molecule has 0 fully saturated rings. The van der Waals surface area contributed by atoms with Crippen molar-refractivity contribution in [3.05, 3.63) is 59.5 Å². The summed E-state index contributed by atoms with van der Waals surface area (Å²) in [6.07, 6.45) is 0. The van der Waals surface area contributed by atoms with E-state index in [1.165, 1.54) is 0 Å². The minimum absolute atomic E-state index is 0.0388. The van der Waals surface area contributed by atoms with Crippen molar-refractivity contribution in [2.24, 2.45) is 0 Å². The summed E-state index contributed by atoms with van der Waals surface area (Å²) in [6, 6.07) is 12.7. The normalized spacial score (nSPS) is 11.7. The Labute approximate surface area is 119 Å². The molecule has 0 aliphatic rings. The highest BCUT2D eigenvalue weighted by Gasteiger charge is 2.15. The first-order chi connectivity index (χ1) is 9.59. The molecule has 1 heterocycles. The summed E-state index contributed by atoms with van der Waals surface area (Å²) in [5, 5.41) is 3.14. The monoisotopic (exact) mass is 293 g/mol. The first-order valence-electron chi connectivity index (χ1n) is 6.62. The maximum atomic E-state index is 12.1. The van der Waals surface area contributed by atoms with Gasteiger partial charge in [-0.15, -0.1) is 0 Å². The van der Waals surface area contributed by atoms with Crippen molar-refractivity contribution >= 4 is 9.84 Å². The molecule has 108 valence electrons. The summed E-state index contributed by atoms with van der Waals surface area (Å²) in [4.78, 5) is 0. The predicted molar refractivity (Wildman–Crippen MR) is 78.9 cm³/mol. The summed E-state index contributed by atoms with van der Waals surface area (Å²) in [6.45, 7) is 3.48. The molecule has 20 heavy (non-hydrogen) atoms. The lowest BCUT2D eigenvalue weighted by atomic mass is 10.2. The average Bonchev–Trinajstić information content (AvgIpc) is 2.83. The van der Waals surface area contributed by atoms with E-state index in [-0.39, 0.29) is 11.5 Å². The highest BCUT2D eigenvalue weighted by molar-refractivity contribution is 7.89. The first-order valence-corrected chi connectivity index (χ1v) is 8.44. The molecule has 0 bridgehead atoms. The van der Waals surface area contributed by atoms with Crippen LogP contribution in [-0.2, 0) is 27.9 Å². The molecule has 0 spiro atoms. The highest BCUT2D eigenvalue weighted by Crippen LogP contribution is 2.15. The zero-order valence-electron chi connectivity index (χ0n) is 11.5. The van der Waals surface area contributed by atoms with E-state index in [4.69, 9.17) is 4.42 Å². The molecule has 1 N–H and O–H groups in total. The minimum Gasteiger partial charge on any atom is -0.464 e. The Morgan fingerprint density at radius 1 is 1.00 bits per heavy atom. The lowest BCUT2D eigenvalue weighted by molar-refractivity contribution is 0.459. The molecule has 0 radical (unpaired) electrons. The van der Waals surface area contributed by atoms with E-state index in [2.05, 4.69) is 5.32 Å². The van der Waals surface area contributed by atoms with Gasteiger partial charge in [0.1, 0.15) is 17.3 Å². The molecule has 0 saturated heterocycles. The van der Waals surface area contributed by atoms with Gasteiger partial charge in [-0.3, -0.25) is 0 Å². The largest absolute Gasteiger partial charge is 0.464 e. The zero-order chi connectivity index (χ0) is 14.4. The third-order valence-corrected chi connectivity index (χ3v) is 4.36. The van der Waals surface area contributed by atoms with Crippen LogP contribution in [0.2, 0.25) is 0 Å². The third-order valence-electron chi connectivity index (χ3n) is 2.86. The van der Waals surface area contributed by atoms with Crippen LogP contribution in [0.15, 0.2) is 46.9 Å². The Morgan fingerprint density at radius 3 is 2.40 bits per heavy atom. The molecule has 1 aromatic carbocycles. The smallest absolute Gasteiger partial charge is 0.161 e. The van der Waals surface area contributed by atoms with Crippen molar-refractivity contribution in [1.82, 2.24) is 5.32 Å². The number of rotatable bonds is 7. The molecule has 4 nitrogen and oxygen atoms in total. The number of benzene rings is 1. The van der Waals surface area contributed by atoms with E-state index in [0.717, 1.165) is 17.9 Å². The van der Waals surface area contributed by atoms with E-state index in [0.29, 0.717) is 12.3 Å². The average molecular weight is 293 g/mol. The van der Waals surface area contributed by atoms with Crippen LogP contribution in [0.5, 0.6) is 0 Å². The molecule has 0 aliphatic heterocycles. The van der Waals surface area contributed by atoms with Crippen LogP contribution in [0, 0.1) is 0 Å². The summed E-state index contributed by atoms with van der Waals surface area (Å²) < 4.78 is 29.8. The quantitative estimate of drug-likeness (QED) is 0.852. The maximum Gasteiger partial charge on any atom is 0.161 e. The molecule has 0 saturated carbocycles. The van der Waals surface area contributed by atoms with Crippen molar-refractivity contribution in [2.75, 3.05) is 6.54 Å². The van der Waals surface area contributed by atoms with Crippen LogP contribution in [0.1, 0.15) is 24.0 Å². The second-order valence-corrected chi connectivity index (χ2v) is 6.73. The SMILES string of the molecule is CCNCc1ccc(CS(=O)(=O)Cc2ccccc2)o1. The Balaban J connectivity index is 1.99.